The maximum atomic E-state index is 5.50. The molecule has 0 N–H and O–H groups in total. The molecule has 0 aliphatic rings. The predicted octanol–water partition coefficient (Wildman–Crippen LogP) is 6.23. The summed E-state index contributed by atoms with van der Waals surface area (Å²) in [6.45, 7) is 6.36. The van der Waals surface area contributed by atoms with Crippen LogP contribution in [0.25, 0.3) is 0 Å². The largest absolute Gasteiger partial charge is 0.384 e. The van der Waals surface area contributed by atoms with Crippen LogP contribution in [0.4, 0.5) is 0 Å². The van der Waals surface area contributed by atoms with E-state index in [0.29, 0.717) is 11.8 Å². The molecule has 0 radical (unpaired) electrons. The third-order valence-corrected chi connectivity index (χ3v) is 4.79. The Bertz CT molecular complexity index is 184. The van der Waals surface area contributed by atoms with Gasteiger partial charge in [0.05, 0.1) is 0 Å². The van der Waals surface area contributed by atoms with E-state index in [1.165, 1.54) is 77.0 Å². The lowest BCUT2D eigenvalue weighted by atomic mass is 9.85. The molecule has 2 atom stereocenters. The molecule has 0 aliphatic carbocycles. The summed E-state index contributed by atoms with van der Waals surface area (Å²) >= 11 is 0. The first-order chi connectivity index (χ1) is 10.8. The minimum atomic E-state index is 0.678. The first-order valence-corrected chi connectivity index (χ1v) is 9.77. The van der Waals surface area contributed by atoms with Gasteiger partial charge in [-0.2, -0.15) is 0 Å². The maximum Gasteiger partial charge on any atom is 0.0493 e. The topological polar surface area (TPSA) is 18.5 Å². The monoisotopic (exact) mass is 314 g/mol. The van der Waals surface area contributed by atoms with E-state index >= 15 is 0 Å². The van der Waals surface area contributed by atoms with Crippen LogP contribution in [0.1, 0.15) is 90.9 Å². The number of hydrogen-bond acceptors (Lipinski definition) is 2. The van der Waals surface area contributed by atoms with Gasteiger partial charge in [0.15, 0.2) is 0 Å². The Kier molecular flexibility index (Phi) is 17.2. The molecule has 134 valence electrons. The van der Waals surface area contributed by atoms with Crippen molar-refractivity contribution in [3.8, 4) is 0 Å². The van der Waals surface area contributed by atoms with Crippen LogP contribution in [0.5, 0.6) is 0 Å². The van der Waals surface area contributed by atoms with Crippen LogP contribution in [0, 0.1) is 11.8 Å². The van der Waals surface area contributed by atoms with E-state index in [0.717, 1.165) is 13.2 Å². The molecule has 0 aromatic rings. The van der Waals surface area contributed by atoms with E-state index in [1.807, 2.05) is 14.2 Å². The van der Waals surface area contributed by atoms with Gasteiger partial charge >= 0.3 is 0 Å². The molecule has 0 aromatic carbocycles. The van der Waals surface area contributed by atoms with Gasteiger partial charge in [0.25, 0.3) is 0 Å². The van der Waals surface area contributed by atoms with Crippen molar-refractivity contribution >= 4 is 0 Å². The number of methoxy groups -OCH3 is 2. The van der Waals surface area contributed by atoms with Gasteiger partial charge in [-0.05, 0) is 24.7 Å². The molecular weight excluding hydrogens is 272 g/mol. The van der Waals surface area contributed by atoms with E-state index < -0.39 is 0 Å². The van der Waals surface area contributed by atoms with E-state index in [4.69, 9.17) is 9.47 Å². The molecule has 22 heavy (non-hydrogen) atoms. The van der Waals surface area contributed by atoms with Crippen molar-refractivity contribution in [3.63, 3.8) is 0 Å². The van der Waals surface area contributed by atoms with Gasteiger partial charge in [-0.3, -0.25) is 0 Å². The number of ether oxygens (including phenoxy) is 2. The van der Waals surface area contributed by atoms with Crippen molar-refractivity contribution in [2.24, 2.45) is 11.8 Å². The highest BCUT2D eigenvalue weighted by molar-refractivity contribution is 4.71. The molecule has 0 saturated carbocycles. The zero-order chi connectivity index (χ0) is 16.5. The highest BCUT2D eigenvalue weighted by atomic mass is 16.5. The molecular formula is C20H42O2. The maximum absolute atomic E-state index is 5.50. The first-order valence-electron chi connectivity index (χ1n) is 9.77. The molecule has 0 saturated heterocycles. The molecule has 0 rings (SSSR count). The molecule has 2 nitrogen and oxygen atoms in total. The Hall–Kier alpha value is -0.0800. The Morgan fingerprint density at radius 3 is 1.23 bits per heavy atom. The summed E-state index contributed by atoms with van der Waals surface area (Å²) in [5, 5.41) is 0. The normalized spacial score (nSPS) is 14.2. The summed E-state index contributed by atoms with van der Waals surface area (Å²) in [6, 6.07) is 0. The lowest BCUT2D eigenvalue weighted by Gasteiger charge is -2.26. The summed E-state index contributed by atoms with van der Waals surface area (Å²) in [7, 11) is 3.68. The van der Waals surface area contributed by atoms with Crippen molar-refractivity contribution in [1.82, 2.24) is 0 Å². The van der Waals surface area contributed by atoms with E-state index in [2.05, 4.69) is 13.8 Å². The van der Waals surface area contributed by atoms with Crippen LogP contribution in [0.3, 0.4) is 0 Å². The van der Waals surface area contributed by atoms with E-state index in [1.54, 1.807) is 0 Å². The second-order valence-corrected chi connectivity index (χ2v) is 6.84. The minimum absolute atomic E-state index is 0.678. The minimum Gasteiger partial charge on any atom is -0.384 e. The third kappa shape index (κ3) is 12.5. The molecule has 0 spiro atoms. The predicted molar refractivity (Wildman–Crippen MR) is 97.5 cm³/mol. The van der Waals surface area contributed by atoms with Gasteiger partial charge in [-0.1, -0.05) is 78.1 Å². The van der Waals surface area contributed by atoms with Crippen LogP contribution in [-0.4, -0.2) is 27.4 Å². The van der Waals surface area contributed by atoms with Gasteiger partial charge in [0.2, 0.25) is 0 Å². The smallest absolute Gasteiger partial charge is 0.0493 e. The van der Waals surface area contributed by atoms with Gasteiger partial charge in [0, 0.05) is 27.4 Å². The molecule has 2 unspecified atom stereocenters. The Balaban J connectivity index is 4.09. The highest BCUT2D eigenvalue weighted by Gasteiger charge is 2.21. The zero-order valence-corrected chi connectivity index (χ0v) is 15.9. The average molecular weight is 315 g/mol. The highest BCUT2D eigenvalue weighted by Crippen LogP contribution is 2.26. The first kappa shape index (κ1) is 21.9. The summed E-state index contributed by atoms with van der Waals surface area (Å²) < 4.78 is 11.0. The number of rotatable bonds is 17. The lowest BCUT2D eigenvalue weighted by Crippen LogP contribution is -2.24. The van der Waals surface area contributed by atoms with Crippen LogP contribution in [-0.2, 0) is 9.47 Å². The van der Waals surface area contributed by atoms with Crippen LogP contribution >= 0.6 is 0 Å². The molecule has 0 aromatic heterocycles. The van der Waals surface area contributed by atoms with Crippen molar-refractivity contribution in [2.45, 2.75) is 90.9 Å². The molecule has 0 bridgehead atoms. The molecule has 2 heteroatoms. The van der Waals surface area contributed by atoms with Gasteiger partial charge in [-0.15, -0.1) is 0 Å². The number of unbranched alkanes of at least 4 members (excludes halogenated alkanes) is 8. The Morgan fingerprint density at radius 2 is 0.909 bits per heavy atom. The fourth-order valence-electron chi connectivity index (χ4n) is 3.36. The average Bonchev–Trinajstić information content (AvgIpc) is 2.52. The number of hydrogen-bond donors (Lipinski definition) is 0. The van der Waals surface area contributed by atoms with E-state index in [-0.39, 0.29) is 0 Å². The van der Waals surface area contributed by atoms with E-state index in [9.17, 15) is 0 Å². The summed E-state index contributed by atoms with van der Waals surface area (Å²) in [5.41, 5.74) is 0. The van der Waals surface area contributed by atoms with Gasteiger partial charge < -0.3 is 9.47 Å². The standard InChI is InChI=1S/C20H42O2/c1-5-7-9-11-13-15-19(17-21-3)20(18-22-4)16-14-12-10-8-6-2/h19-20H,5-18H2,1-4H3. The summed E-state index contributed by atoms with van der Waals surface area (Å²) in [4.78, 5) is 0. The molecule has 0 fully saturated rings. The SMILES string of the molecule is CCCCCCCC(COC)C(CCCCCCC)COC. The van der Waals surface area contributed by atoms with Crippen LogP contribution in [0.2, 0.25) is 0 Å². The van der Waals surface area contributed by atoms with Gasteiger partial charge in [0.1, 0.15) is 0 Å². The van der Waals surface area contributed by atoms with Crippen molar-refractivity contribution in [3.05, 3.63) is 0 Å². The third-order valence-electron chi connectivity index (χ3n) is 4.79. The summed E-state index contributed by atoms with van der Waals surface area (Å²) in [6.07, 6.45) is 16.3. The molecule has 0 amide bonds. The van der Waals surface area contributed by atoms with Crippen molar-refractivity contribution in [2.75, 3.05) is 27.4 Å². The van der Waals surface area contributed by atoms with Crippen LogP contribution in [0.15, 0.2) is 0 Å². The second kappa shape index (κ2) is 17.3. The van der Waals surface area contributed by atoms with Crippen LogP contribution < -0.4 is 0 Å². The zero-order valence-electron chi connectivity index (χ0n) is 15.9. The molecule has 0 aliphatic heterocycles. The van der Waals surface area contributed by atoms with Crippen molar-refractivity contribution in [1.29, 1.82) is 0 Å². The fraction of sp³-hybridized carbons (Fsp3) is 1.00. The second-order valence-electron chi connectivity index (χ2n) is 6.84. The van der Waals surface area contributed by atoms with Gasteiger partial charge in [-0.25, -0.2) is 0 Å². The molecule has 0 heterocycles. The lowest BCUT2D eigenvalue weighted by molar-refractivity contribution is 0.0592. The van der Waals surface area contributed by atoms with Crippen molar-refractivity contribution < 1.29 is 9.47 Å². The summed E-state index contributed by atoms with van der Waals surface area (Å²) in [5.74, 6) is 1.36. The quantitative estimate of drug-likeness (QED) is 0.296. The Morgan fingerprint density at radius 1 is 0.545 bits per heavy atom. The Labute approximate surface area is 140 Å². The fourth-order valence-corrected chi connectivity index (χ4v) is 3.36.